The number of fused-ring (bicyclic) bond motifs is 7. The van der Waals surface area contributed by atoms with Crippen molar-refractivity contribution in [2.45, 2.75) is 19.3 Å². The lowest BCUT2D eigenvalue weighted by atomic mass is 9.82. The van der Waals surface area contributed by atoms with Gasteiger partial charge in [0.05, 0.1) is 10.2 Å². The molecule has 0 bridgehead atoms. The Balaban J connectivity index is 1.06. The van der Waals surface area contributed by atoms with Gasteiger partial charge in [-0.25, -0.2) is 4.98 Å². The van der Waals surface area contributed by atoms with Gasteiger partial charge in [-0.3, -0.25) is 0 Å². The summed E-state index contributed by atoms with van der Waals surface area (Å²) in [6.07, 6.45) is 0. The van der Waals surface area contributed by atoms with Crippen LogP contribution in [0.25, 0.3) is 65.0 Å². The van der Waals surface area contributed by atoms with Crippen LogP contribution in [0.15, 0.2) is 162 Å². The molecule has 2 heterocycles. The molecule has 0 saturated carbocycles. The van der Waals surface area contributed by atoms with E-state index in [2.05, 4.69) is 164 Å². The fraction of sp³-hybridized carbons (Fsp3) is 0.0652. The molecular weight excluding hydrogens is 629 g/mol. The molecule has 3 nitrogen and oxygen atoms in total. The van der Waals surface area contributed by atoms with Crippen molar-refractivity contribution >= 4 is 60.6 Å². The average molecular weight is 661 g/mol. The summed E-state index contributed by atoms with van der Waals surface area (Å²) >= 11 is 1.70. The first-order valence-corrected chi connectivity index (χ1v) is 17.9. The number of benzene rings is 7. The van der Waals surface area contributed by atoms with Gasteiger partial charge in [-0.15, -0.1) is 11.3 Å². The second kappa shape index (κ2) is 11.0. The van der Waals surface area contributed by atoms with Crippen molar-refractivity contribution < 1.29 is 4.42 Å². The summed E-state index contributed by atoms with van der Waals surface area (Å²) in [5.41, 5.74) is 15.0. The van der Waals surface area contributed by atoms with Crippen molar-refractivity contribution in [2.75, 3.05) is 4.90 Å². The maximum atomic E-state index is 6.17. The third kappa shape index (κ3) is 4.53. The molecule has 0 spiro atoms. The maximum absolute atomic E-state index is 6.17. The SMILES string of the molecule is CC1(C)c2ccccc2-c2ccc(N(c3ccc(-c4ccccc4)cc3)c3ccc(-c4nc5cc6c(cc5s4)oc4ccccc46)cc3)cc21. The van der Waals surface area contributed by atoms with Crippen LogP contribution >= 0.6 is 11.3 Å². The normalized spacial score (nSPS) is 13.2. The summed E-state index contributed by atoms with van der Waals surface area (Å²) in [4.78, 5) is 7.46. The Hall–Kier alpha value is -5.97. The molecule has 0 N–H and O–H groups in total. The molecule has 1 aliphatic carbocycles. The van der Waals surface area contributed by atoms with Crippen LogP contribution in [0.5, 0.6) is 0 Å². The van der Waals surface area contributed by atoms with Crippen LogP contribution < -0.4 is 4.90 Å². The molecule has 238 valence electrons. The number of hydrogen-bond donors (Lipinski definition) is 0. The van der Waals surface area contributed by atoms with Crippen LogP contribution in [0.3, 0.4) is 0 Å². The highest BCUT2D eigenvalue weighted by atomic mass is 32.1. The molecule has 0 amide bonds. The van der Waals surface area contributed by atoms with Crippen molar-refractivity contribution in [2.24, 2.45) is 0 Å². The van der Waals surface area contributed by atoms with E-state index < -0.39 is 0 Å². The molecule has 0 saturated heterocycles. The first-order valence-electron chi connectivity index (χ1n) is 17.0. The highest BCUT2D eigenvalue weighted by molar-refractivity contribution is 7.21. The zero-order valence-electron chi connectivity index (χ0n) is 27.7. The van der Waals surface area contributed by atoms with Crippen LogP contribution in [-0.4, -0.2) is 4.98 Å². The largest absolute Gasteiger partial charge is 0.456 e. The molecule has 10 rings (SSSR count). The highest BCUT2D eigenvalue weighted by Gasteiger charge is 2.35. The summed E-state index contributed by atoms with van der Waals surface area (Å²) in [5, 5.41) is 3.23. The number of hydrogen-bond acceptors (Lipinski definition) is 4. The predicted octanol–water partition coefficient (Wildman–Crippen LogP) is 13.3. The monoisotopic (exact) mass is 660 g/mol. The lowest BCUT2D eigenvalue weighted by Gasteiger charge is -2.28. The lowest BCUT2D eigenvalue weighted by Crippen LogP contribution is -2.16. The van der Waals surface area contributed by atoms with Gasteiger partial charge in [-0.2, -0.15) is 0 Å². The van der Waals surface area contributed by atoms with E-state index in [1.165, 1.54) is 33.4 Å². The van der Waals surface area contributed by atoms with E-state index in [1.807, 2.05) is 12.1 Å². The van der Waals surface area contributed by atoms with E-state index >= 15 is 0 Å². The molecule has 0 unspecified atom stereocenters. The van der Waals surface area contributed by atoms with Gasteiger partial charge < -0.3 is 9.32 Å². The maximum Gasteiger partial charge on any atom is 0.136 e. The molecule has 0 aliphatic heterocycles. The zero-order chi connectivity index (χ0) is 33.4. The topological polar surface area (TPSA) is 29.3 Å². The molecule has 0 atom stereocenters. The van der Waals surface area contributed by atoms with Gasteiger partial charge in [-0.05, 0) is 94.0 Å². The Bertz CT molecular complexity index is 2720. The van der Waals surface area contributed by atoms with Gasteiger partial charge in [0.15, 0.2) is 0 Å². The Kier molecular flexibility index (Phi) is 6.39. The van der Waals surface area contributed by atoms with Gasteiger partial charge >= 0.3 is 0 Å². The van der Waals surface area contributed by atoms with Crippen LogP contribution in [0.2, 0.25) is 0 Å². The summed E-state index contributed by atoms with van der Waals surface area (Å²) < 4.78 is 7.29. The summed E-state index contributed by atoms with van der Waals surface area (Å²) in [7, 11) is 0. The van der Waals surface area contributed by atoms with Crippen molar-refractivity contribution in [1.29, 1.82) is 0 Å². The van der Waals surface area contributed by atoms with E-state index in [4.69, 9.17) is 9.40 Å². The quantitative estimate of drug-likeness (QED) is 0.184. The third-order valence-corrected chi connectivity index (χ3v) is 11.4. The smallest absolute Gasteiger partial charge is 0.136 e. The molecule has 4 heteroatoms. The Morgan fingerprint density at radius 2 is 1.16 bits per heavy atom. The molecule has 0 fully saturated rings. The predicted molar refractivity (Wildman–Crippen MR) is 210 cm³/mol. The minimum atomic E-state index is -0.0885. The van der Waals surface area contributed by atoms with Gasteiger partial charge in [0.2, 0.25) is 0 Å². The number of rotatable bonds is 5. The Morgan fingerprint density at radius 1 is 0.520 bits per heavy atom. The van der Waals surface area contributed by atoms with Gasteiger partial charge in [-0.1, -0.05) is 105 Å². The molecule has 7 aromatic carbocycles. The standard InChI is InChI=1S/C46H32N2OS/c1-46(2)39-14-8-6-12-35(39)36-25-24-34(26-40(36)46)48(32-20-16-30(17-21-32)29-10-4-3-5-11-29)33-22-18-31(19-23-33)45-47-41-27-38-37-13-7-9-15-42(37)49-43(38)28-44(41)50-45/h3-28H,1-2H3. The van der Waals surface area contributed by atoms with Crippen LogP contribution in [-0.2, 0) is 5.41 Å². The molecule has 9 aromatic rings. The van der Waals surface area contributed by atoms with E-state index in [-0.39, 0.29) is 5.41 Å². The summed E-state index contributed by atoms with van der Waals surface area (Å²) in [6.45, 7) is 4.68. The molecule has 50 heavy (non-hydrogen) atoms. The molecule has 1 aliphatic rings. The minimum Gasteiger partial charge on any atom is -0.456 e. The molecule has 0 radical (unpaired) electrons. The second-order valence-corrected chi connectivity index (χ2v) is 14.7. The average Bonchev–Trinajstić information content (AvgIpc) is 3.81. The second-order valence-electron chi connectivity index (χ2n) is 13.6. The molecule has 2 aromatic heterocycles. The van der Waals surface area contributed by atoms with Crippen molar-refractivity contribution in [3.63, 3.8) is 0 Å². The van der Waals surface area contributed by atoms with Crippen molar-refractivity contribution in [3.8, 4) is 32.8 Å². The van der Waals surface area contributed by atoms with Crippen LogP contribution in [0.4, 0.5) is 17.1 Å². The van der Waals surface area contributed by atoms with Gasteiger partial charge in [0, 0.05) is 44.9 Å². The summed E-state index contributed by atoms with van der Waals surface area (Å²) in [5.74, 6) is 0. The van der Waals surface area contributed by atoms with E-state index in [9.17, 15) is 0 Å². The first kappa shape index (κ1) is 29.0. The first-order chi connectivity index (χ1) is 24.5. The van der Waals surface area contributed by atoms with Gasteiger partial charge in [0.25, 0.3) is 0 Å². The van der Waals surface area contributed by atoms with E-state index in [0.717, 1.165) is 59.8 Å². The fourth-order valence-corrected chi connectivity index (χ4v) is 8.72. The van der Waals surface area contributed by atoms with Crippen LogP contribution in [0, 0.1) is 0 Å². The Morgan fingerprint density at radius 3 is 1.96 bits per heavy atom. The number of aromatic nitrogens is 1. The third-order valence-electron chi connectivity index (χ3n) is 10.3. The van der Waals surface area contributed by atoms with Gasteiger partial charge in [0.1, 0.15) is 16.2 Å². The number of anilines is 3. The highest BCUT2D eigenvalue weighted by Crippen LogP contribution is 2.50. The summed E-state index contributed by atoms with van der Waals surface area (Å²) in [6, 6.07) is 56.6. The minimum absolute atomic E-state index is 0.0885. The van der Waals surface area contributed by atoms with E-state index in [1.54, 1.807) is 11.3 Å². The zero-order valence-corrected chi connectivity index (χ0v) is 28.5. The number of thiazole rings is 1. The van der Waals surface area contributed by atoms with E-state index in [0.29, 0.717) is 0 Å². The lowest BCUT2D eigenvalue weighted by molar-refractivity contribution is 0.660. The van der Waals surface area contributed by atoms with Crippen molar-refractivity contribution in [1.82, 2.24) is 4.98 Å². The Labute approximate surface area is 294 Å². The van der Waals surface area contributed by atoms with Crippen LogP contribution in [0.1, 0.15) is 25.0 Å². The number of nitrogens with zero attached hydrogens (tertiary/aromatic N) is 2. The fourth-order valence-electron chi connectivity index (χ4n) is 7.74. The molecular formula is C46H32N2OS. The number of furan rings is 1. The number of para-hydroxylation sites is 1. The van der Waals surface area contributed by atoms with Crippen molar-refractivity contribution in [3.05, 3.63) is 169 Å².